The lowest BCUT2D eigenvalue weighted by Crippen LogP contribution is -2.50. The molecule has 1 aliphatic rings. The van der Waals surface area contributed by atoms with E-state index >= 15 is 0 Å². The number of piperazine rings is 1. The Morgan fingerprint density at radius 3 is 2.21 bits per heavy atom. The Morgan fingerprint density at radius 1 is 1.00 bits per heavy atom. The van der Waals surface area contributed by atoms with Gasteiger partial charge >= 0.3 is 5.97 Å². The smallest absolute Gasteiger partial charge is 0.343 e. The van der Waals surface area contributed by atoms with Crippen LogP contribution in [0.3, 0.4) is 0 Å². The van der Waals surface area contributed by atoms with Gasteiger partial charge in [-0.15, -0.1) is 0 Å². The second-order valence-electron chi connectivity index (χ2n) is 10.7. The minimum Gasteiger partial charge on any atom is -0.462 e. The zero-order valence-electron chi connectivity index (χ0n) is 29.8. The van der Waals surface area contributed by atoms with Gasteiger partial charge in [0.15, 0.2) is 0 Å². The van der Waals surface area contributed by atoms with Crippen molar-refractivity contribution >= 4 is 18.6 Å². The first-order valence-electron chi connectivity index (χ1n) is 16.3. The van der Waals surface area contributed by atoms with E-state index in [1.54, 1.807) is 19.2 Å². The van der Waals surface area contributed by atoms with Crippen LogP contribution in [-0.2, 0) is 20.7 Å². The second kappa shape index (κ2) is 24.3. The van der Waals surface area contributed by atoms with Crippen LogP contribution in [-0.4, -0.2) is 86.7 Å². The SMILES string of the molecule is C=C/C=C(\C=C/C)/C=C/CN1CCN(C(=NC)/C(C(=O)OCC)=C(/C)N/C(=C\Cc2ccccc2)N(C)C(/C=C\C)=C/C=C)CC1.C=O. The number of benzene rings is 1. The summed E-state index contributed by atoms with van der Waals surface area (Å²) in [7, 11) is 3.73. The number of amidine groups is 1. The highest BCUT2D eigenvalue weighted by atomic mass is 16.5. The molecule has 1 aromatic rings. The predicted molar refractivity (Wildman–Crippen MR) is 202 cm³/mol. The maximum atomic E-state index is 13.5. The molecular weight excluding hydrogens is 598 g/mol. The molecule has 8 nitrogen and oxygen atoms in total. The van der Waals surface area contributed by atoms with Gasteiger partial charge in [0, 0.05) is 58.2 Å². The highest BCUT2D eigenvalue weighted by Crippen LogP contribution is 2.18. The van der Waals surface area contributed by atoms with Crippen molar-refractivity contribution in [2.45, 2.75) is 34.1 Å². The van der Waals surface area contributed by atoms with E-state index in [2.05, 4.69) is 74.6 Å². The van der Waals surface area contributed by atoms with Gasteiger partial charge in [0.2, 0.25) is 0 Å². The van der Waals surface area contributed by atoms with Crippen molar-refractivity contribution < 1.29 is 14.3 Å². The Bertz CT molecular complexity index is 1410. The van der Waals surface area contributed by atoms with Gasteiger partial charge < -0.3 is 24.6 Å². The highest BCUT2D eigenvalue weighted by molar-refractivity contribution is 6.19. The van der Waals surface area contributed by atoms with Crippen molar-refractivity contribution in [2.24, 2.45) is 4.99 Å². The molecule has 0 amide bonds. The van der Waals surface area contributed by atoms with Gasteiger partial charge in [-0.3, -0.25) is 9.89 Å². The summed E-state index contributed by atoms with van der Waals surface area (Å²) in [6.07, 6.45) is 22.8. The Labute approximate surface area is 289 Å². The lowest BCUT2D eigenvalue weighted by atomic mass is 10.1. The van der Waals surface area contributed by atoms with E-state index in [9.17, 15) is 4.79 Å². The monoisotopic (exact) mass is 653 g/mol. The molecule has 0 unspecified atom stereocenters. The summed E-state index contributed by atoms with van der Waals surface area (Å²) in [5.41, 5.74) is 4.34. The topological polar surface area (TPSA) is 77.5 Å². The third-order valence-corrected chi connectivity index (χ3v) is 7.37. The minimum atomic E-state index is -0.399. The summed E-state index contributed by atoms with van der Waals surface area (Å²) in [6, 6.07) is 10.3. The molecule has 1 saturated heterocycles. The zero-order chi connectivity index (χ0) is 35.7. The molecule has 0 aliphatic carbocycles. The summed E-state index contributed by atoms with van der Waals surface area (Å²) < 4.78 is 5.58. The Kier molecular flexibility index (Phi) is 20.8. The molecule has 8 heteroatoms. The van der Waals surface area contributed by atoms with Gasteiger partial charge in [-0.1, -0.05) is 92.1 Å². The van der Waals surface area contributed by atoms with E-state index in [1.165, 1.54) is 5.56 Å². The lowest BCUT2D eigenvalue weighted by Gasteiger charge is -2.36. The number of hydrogen-bond donors (Lipinski definition) is 1. The molecular formula is C40H55N5O3. The molecule has 0 spiro atoms. The lowest BCUT2D eigenvalue weighted by molar-refractivity contribution is -0.138. The maximum absolute atomic E-state index is 13.5. The highest BCUT2D eigenvalue weighted by Gasteiger charge is 2.28. The standard InChI is InChI=1S/C39H53N5O2.CH2O/c1-9-18-33(19-10-2)24-17-27-43-28-30-44(31-29-43)38(40-7)37(39(45)46-13-5)32(6)41-36(26-25-34-22-15-14-16-23-34)42(8)35(20-11-3)21-12-4;1-2/h9-12,14-24,26,41H,1,3,13,25,27-31H2,2,4-8H3;1H2/b19-10-,21-12-,24-17+,33-18+,35-20+,36-26+,37-32+,40-38?;. The molecule has 0 bridgehead atoms. The molecule has 1 heterocycles. The Balaban J connectivity index is 0.00000565. The van der Waals surface area contributed by atoms with E-state index < -0.39 is 5.97 Å². The number of nitrogens with one attached hydrogen (secondary N) is 1. The summed E-state index contributed by atoms with van der Waals surface area (Å²) in [5.74, 6) is 1.05. The number of carbonyl (C=O) groups is 2. The Morgan fingerprint density at radius 2 is 1.65 bits per heavy atom. The Hall–Kier alpha value is -4.95. The van der Waals surface area contributed by atoms with Gasteiger partial charge in [0.05, 0.1) is 6.61 Å². The molecule has 1 fully saturated rings. The zero-order valence-corrected chi connectivity index (χ0v) is 29.8. The van der Waals surface area contributed by atoms with Crippen LogP contribution in [0.2, 0.25) is 0 Å². The van der Waals surface area contributed by atoms with Crippen molar-refractivity contribution in [2.75, 3.05) is 53.4 Å². The molecule has 0 radical (unpaired) electrons. The van der Waals surface area contributed by atoms with Crippen LogP contribution < -0.4 is 5.32 Å². The molecule has 0 atom stereocenters. The number of hydrogen-bond acceptors (Lipinski definition) is 7. The van der Waals surface area contributed by atoms with Crippen molar-refractivity contribution in [3.05, 3.63) is 144 Å². The van der Waals surface area contributed by atoms with E-state index in [4.69, 9.17) is 9.53 Å². The van der Waals surface area contributed by atoms with E-state index in [1.807, 2.05) is 90.1 Å². The number of rotatable bonds is 16. The first kappa shape index (κ1) is 41.1. The third kappa shape index (κ3) is 13.8. The molecule has 258 valence electrons. The van der Waals surface area contributed by atoms with Crippen LogP contribution in [0.15, 0.2) is 144 Å². The molecule has 1 N–H and O–H groups in total. The fraction of sp³-hybridized carbons (Fsp3) is 0.325. The quantitative estimate of drug-likeness (QED) is 0.0693. The van der Waals surface area contributed by atoms with Crippen LogP contribution in [0.5, 0.6) is 0 Å². The molecule has 48 heavy (non-hydrogen) atoms. The third-order valence-electron chi connectivity index (χ3n) is 7.37. The van der Waals surface area contributed by atoms with E-state index in [0.717, 1.165) is 49.8 Å². The van der Waals surface area contributed by atoms with Crippen LogP contribution in [0, 0.1) is 0 Å². The first-order chi connectivity index (χ1) is 23.3. The molecule has 0 saturated carbocycles. The van der Waals surface area contributed by atoms with Gasteiger partial charge in [-0.05, 0) is 63.5 Å². The summed E-state index contributed by atoms with van der Waals surface area (Å²) in [4.78, 5) is 32.8. The molecule has 1 aliphatic heterocycles. The fourth-order valence-corrected chi connectivity index (χ4v) is 5.07. The second-order valence-corrected chi connectivity index (χ2v) is 10.7. The first-order valence-corrected chi connectivity index (χ1v) is 16.3. The number of carbonyl (C=O) groups excluding carboxylic acids is 2. The predicted octanol–water partition coefficient (Wildman–Crippen LogP) is 6.78. The van der Waals surface area contributed by atoms with Gasteiger partial charge in [-0.2, -0.15) is 0 Å². The molecule has 0 aromatic heterocycles. The van der Waals surface area contributed by atoms with Crippen LogP contribution >= 0.6 is 0 Å². The fourth-order valence-electron chi connectivity index (χ4n) is 5.07. The van der Waals surface area contributed by atoms with Gasteiger partial charge in [0.1, 0.15) is 24.0 Å². The van der Waals surface area contributed by atoms with Crippen LogP contribution in [0.1, 0.15) is 33.3 Å². The average molecular weight is 654 g/mol. The average Bonchev–Trinajstić information content (AvgIpc) is 3.10. The number of nitrogens with zero attached hydrogens (tertiary/aromatic N) is 4. The van der Waals surface area contributed by atoms with Crippen molar-refractivity contribution in [3.63, 3.8) is 0 Å². The number of allylic oxidation sites excluding steroid dienone is 12. The van der Waals surface area contributed by atoms with Crippen molar-refractivity contribution in [3.8, 4) is 0 Å². The maximum Gasteiger partial charge on any atom is 0.343 e. The number of likely N-dealkylation sites (N-methyl/N-ethyl adjacent to an activating group) is 1. The molecule has 1 aromatic carbocycles. The van der Waals surface area contributed by atoms with E-state index in [0.29, 0.717) is 23.5 Å². The normalized spacial score (nSPS) is 15.7. The van der Waals surface area contributed by atoms with Crippen LogP contribution in [0.25, 0.3) is 0 Å². The summed E-state index contributed by atoms with van der Waals surface area (Å²) >= 11 is 0. The molecule has 2 rings (SSSR count). The summed E-state index contributed by atoms with van der Waals surface area (Å²) in [6.45, 7) is 21.7. The van der Waals surface area contributed by atoms with Gasteiger partial charge in [-0.25, -0.2) is 4.79 Å². The van der Waals surface area contributed by atoms with Crippen molar-refractivity contribution in [1.82, 2.24) is 20.0 Å². The van der Waals surface area contributed by atoms with Crippen LogP contribution in [0.4, 0.5) is 0 Å². The minimum absolute atomic E-state index is 0.270. The number of esters is 1. The number of aliphatic imine (C=N–C) groups is 1. The van der Waals surface area contributed by atoms with Gasteiger partial charge in [0.25, 0.3) is 0 Å². The largest absolute Gasteiger partial charge is 0.462 e. The summed E-state index contributed by atoms with van der Waals surface area (Å²) in [5, 5.41) is 3.56. The van der Waals surface area contributed by atoms with Crippen molar-refractivity contribution in [1.29, 1.82) is 0 Å². The number of ether oxygens (including phenoxy) is 1. The van der Waals surface area contributed by atoms with E-state index in [-0.39, 0.29) is 6.61 Å².